The molecule has 0 bridgehead atoms. The van der Waals surface area contributed by atoms with Crippen molar-refractivity contribution in [2.75, 3.05) is 0 Å². The minimum Gasteiger partial charge on any atom is -0.508 e. The zero-order valence-corrected chi connectivity index (χ0v) is 10.2. The monoisotopic (exact) mass is 233 g/mol. The van der Waals surface area contributed by atoms with Gasteiger partial charge in [0, 0.05) is 11.1 Å². The summed E-state index contributed by atoms with van der Waals surface area (Å²) in [4.78, 5) is 12.0. The summed E-state index contributed by atoms with van der Waals surface area (Å²) in [7, 11) is 0. The molecule has 1 aliphatic rings. The first-order valence-corrected chi connectivity index (χ1v) is 6.21. The van der Waals surface area contributed by atoms with Crippen LogP contribution >= 0.6 is 0 Å². The topological polar surface area (TPSA) is 49.3 Å². The number of rotatable bonds is 2. The molecule has 0 aliphatic heterocycles. The molecule has 2 rings (SSSR count). The third-order valence-corrected chi connectivity index (χ3v) is 3.50. The highest BCUT2D eigenvalue weighted by molar-refractivity contribution is 5.94. The zero-order valence-electron chi connectivity index (χ0n) is 10.2. The molecule has 1 amide bonds. The van der Waals surface area contributed by atoms with Crippen molar-refractivity contribution >= 4 is 5.91 Å². The van der Waals surface area contributed by atoms with Crippen molar-refractivity contribution in [2.45, 2.75) is 44.6 Å². The van der Waals surface area contributed by atoms with E-state index in [1.54, 1.807) is 12.1 Å². The maximum atomic E-state index is 12.0. The maximum Gasteiger partial charge on any atom is 0.251 e. The summed E-state index contributed by atoms with van der Waals surface area (Å²) >= 11 is 0. The van der Waals surface area contributed by atoms with Crippen LogP contribution in [0, 0.1) is 0 Å². The molecule has 1 aromatic rings. The summed E-state index contributed by atoms with van der Waals surface area (Å²) in [6.45, 7) is 2.12. The minimum absolute atomic E-state index is 0.0469. The highest BCUT2D eigenvalue weighted by Crippen LogP contribution is 2.27. The smallest absolute Gasteiger partial charge is 0.251 e. The van der Waals surface area contributed by atoms with Crippen molar-refractivity contribution in [1.82, 2.24) is 5.32 Å². The van der Waals surface area contributed by atoms with Gasteiger partial charge in [-0.25, -0.2) is 0 Å². The molecule has 92 valence electrons. The molecule has 2 N–H and O–H groups in total. The SMILES string of the molecule is CC1(NC(=O)c2ccc(O)cc2)CCCCC1. The van der Waals surface area contributed by atoms with Gasteiger partial charge in [-0.3, -0.25) is 4.79 Å². The Morgan fingerprint density at radius 1 is 1.18 bits per heavy atom. The van der Waals surface area contributed by atoms with Crippen LogP contribution in [0.5, 0.6) is 5.75 Å². The number of hydrogen-bond acceptors (Lipinski definition) is 2. The molecule has 0 heterocycles. The number of hydrogen-bond donors (Lipinski definition) is 2. The molecule has 0 aromatic heterocycles. The van der Waals surface area contributed by atoms with Gasteiger partial charge in [-0.05, 0) is 44.0 Å². The Morgan fingerprint density at radius 2 is 1.76 bits per heavy atom. The molecule has 3 nitrogen and oxygen atoms in total. The van der Waals surface area contributed by atoms with Crippen LogP contribution in [0.15, 0.2) is 24.3 Å². The Balaban J connectivity index is 2.03. The number of phenols is 1. The van der Waals surface area contributed by atoms with E-state index in [0.29, 0.717) is 5.56 Å². The molecule has 0 saturated heterocycles. The fourth-order valence-corrected chi connectivity index (χ4v) is 2.42. The predicted octanol–water partition coefficient (Wildman–Crippen LogP) is 2.84. The van der Waals surface area contributed by atoms with Crippen molar-refractivity contribution in [1.29, 1.82) is 0 Å². The number of nitrogens with one attached hydrogen (secondary N) is 1. The number of carbonyl (C=O) groups is 1. The number of aromatic hydroxyl groups is 1. The first kappa shape index (κ1) is 12.0. The highest BCUT2D eigenvalue weighted by Gasteiger charge is 2.28. The Labute approximate surface area is 102 Å². The summed E-state index contributed by atoms with van der Waals surface area (Å²) in [6.07, 6.45) is 5.75. The van der Waals surface area contributed by atoms with Crippen LogP contribution in [0.25, 0.3) is 0 Å². The second-order valence-electron chi connectivity index (χ2n) is 5.12. The summed E-state index contributed by atoms with van der Waals surface area (Å²) < 4.78 is 0. The number of benzene rings is 1. The van der Waals surface area contributed by atoms with Crippen LogP contribution in [0.2, 0.25) is 0 Å². The van der Waals surface area contributed by atoms with Crippen LogP contribution in [-0.4, -0.2) is 16.6 Å². The van der Waals surface area contributed by atoms with E-state index >= 15 is 0 Å². The summed E-state index contributed by atoms with van der Waals surface area (Å²) in [5, 5.41) is 12.3. The second-order valence-corrected chi connectivity index (χ2v) is 5.12. The Kier molecular flexibility index (Phi) is 3.36. The van der Waals surface area contributed by atoms with Gasteiger partial charge in [-0.1, -0.05) is 19.3 Å². The quantitative estimate of drug-likeness (QED) is 0.825. The van der Waals surface area contributed by atoms with Gasteiger partial charge in [0.15, 0.2) is 0 Å². The standard InChI is InChI=1S/C14H19NO2/c1-14(9-3-2-4-10-14)15-13(17)11-5-7-12(16)8-6-11/h5-8,16H,2-4,9-10H2,1H3,(H,15,17). The molecule has 1 fully saturated rings. The normalized spacial score (nSPS) is 18.6. The average molecular weight is 233 g/mol. The van der Waals surface area contributed by atoms with Crippen molar-refractivity contribution in [3.63, 3.8) is 0 Å². The van der Waals surface area contributed by atoms with E-state index in [0.717, 1.165) is 12.8 Å². The molecule has 3 heteroatoms. The van der Waals surface area contributed by atoms with E-state index in [1.165, 1.54) is 31.4 Å². The van der Waals surface area contributed by atoms with Crippen molar-refractivity contribution in [3.05, 3.63) is 29.8 Å². The van der Waals surface area contributed by atoms with E-state index in [1.807, 2.05) is 0 Å². The maximum absolute atomic E-state index is 12.0. The summed E-state index contributed by atoms with van der Waals surface area (Å²) in [5.74, 6) is 0.139. The van der Waals surface area contributed by atoms with Crippen molar-refractivity contribution in [3.8, 4) is 5.75 Å². The lowest BCUT2D eigenvalue weighted by molar-refractivity contribution is 0.0882. The first-order chi connectivity index (χ1) is 8.09. The molecule has 0 unspecified atom stereocenters. The molecular weight excluding hydrogens is 214 g/mol. The lowest BCUT2D eigenvalue weighted by Gasteiger charge is -2.34. The number of carbonyl (C=O) groups excluding carboxylic acids is 1. The molecule has 0 atom stereocenters. The molecule has 1 saturated carbocycles. The molecular formula is C14H19NO2. The van der Waals surface area contributed by atoms with E-state index in [9.17, 15) is 9.90 Å². The highest BCUT2D eigenvalue weighted by atomic mass is 16.3. The van der Waals surface area contributed by atoms with Gasteiger partial charge in [0.05, 0.1) is 0 Å². The number of amides is 1. The first-order valence-electron chi connectivity index (χ1n) is 6.21. The van der Waals surface area contributed by atoms with Gasteiger partial charge in [-0.15, -0.1) is 0 Å². The van der Waals surface area contributed by atoms with E-state index in [-0.39, 0.29) is 17.2 Å². The van der Waals surface area contributed by atoms with Gasteiger partial charge in [0.1, 0.15) is 5.75 Å². The second kappa shape index (κ2) is 4.78. The third kappa shape index (κ3) is 2.99. The fourth-order valence-electron chi connectivity index (χ4n) is 2.42. The average Bonchev–Trinajstić information content (AvgIpc) is 2.30. The fraction of sp³-hybridized carbons (Fsp3) is 0.500. The van der Waals surface area contributed by atoms with Gasteiger partial charge in [0.2, 0.25) is 0 Å². The van der Waals surface area contributed by atoms with E-state index < -0.39 is 0 Å². The molecule has 1 aliphatic carbocycles. The molecule has 0 radical (unpaired) electrons. The van der Waals surface area contributed by atoms with Gasteiger partial charge in [0.25, 0.3) is 5.91 Å². The summed E-state index contributed by atoms with van der Waals surface area (Å²) in [6, 6.07) is 6.38. The molecule has 17 heavy (non-hydrogen) atoms. The van der Waals surface area contributed by atoms with Crippen molar-refractivity contribution < 1.29 is 9.90 Å². The lowest BCUT2D eigenvalue weighted by atomic mass is 9.83. The molecule has 1 aromatic carbocycles. The molecule has 0 spiro atoms. The Hall–Kier alpha value is -1.51. The number of phenolic OH excluding ortho intramolecular Hbond substituents is 1. The Bertz CT molecular complexity index is 391. The van der Waals surface area contributed by atoms with Crippen LogP contribution in [-0.2, 0) is 0 Å². The lowest BCUT2D eigenvalue weighted by Crippen LogP contribution is -2.47. The Morgan fingerprint density at radius 3 is 2.35 bits per heavy atom. The van der Waals surface area contributed by atoms with Crippen LogP contribution in [0.3, 0.4) is 0 Å². The van der Waals surface area contributed by atoms with Gasteiger partial charge in [-0.2, -0.15) is 0 Å². The van der Waals surface area contributed by atoms with Crippen LogP contribution < -0.4 is 5.32 Å². The van der Waals surface area contributed by atoms with E-state index in [4.69, 9.17) is 0 Å². The minimum atomic E-state index is -0.0623. The van der Waals surface area contributed by atoms with E-state index in [2.05, 4.69) is 12.2 Å². The summed E-state index contributed by atoms with van der Waals surface area (Å²) in [5.41, 5.74) is 0.544. The largest absolute Gasteiger partial charge is 0.508 e. The van der Waals surface area contributed by atoms with Gasteiger partial charge >= 0.3 is 0 Å². The third-order valence-electron chi connectivity index (χ3n) is 3.50. The van der Waals surface area contributed by atoms with Crippen molar-refractivity contribution in [2.24, 2.45) is 0 Å². The van der Waals surface area contributed by atoms with Crippen LogP contribution in [0.1, 0.15) is 49.4 Å². The van der Waals surface area contributed by atoms with Gasteiger partial charge < -0.3 is 10.4 Å². The predicted molar refractivity (Wildman–Crippen MR) is 67.1 cm³/mol. The zero-order chi connectivity index (χ0) is 12.3. The van der Waals surface area contributed by atoms with Crippen LogP contribution in [0.4, 0.5) is 0 Å².